The molecule has 6 aliphatic rings. The van der Waals surface area contributed by atoms with Crippen LogP contribution in [0.1, 0.15) is 75.1 Å². The summed E-state index contributed by atoms with van der Waals surface area (Å²) in [5.41, 5.74) is 15.2. The number of fused-ring (bicyclic) bond motifs is 10. The third-order valence-electron chi connectivity index (χ3n) is 14.0. The second-order valence-corrected chi connectivity index (χ2v) is 19.9. The topological polar surface area (TPSA) is 148 Å². The molecule has 0 atom stereocenters. The molecule has 1 aromatic carbocycles. The summed E-state index contributed by atoms with van der Waals surface area (Å²) < 4.78 is 23.2. The number of likely N-dealkylation sites (tertiary alicyclic amines) is 1. The number of carbonyl (C=O) groups is 3. The molecule has 2 fully saturated rings. The molecule has 6 aromatic rings. The second-order valence-electron chi connectivity index (χ2n) is 19.5. The quantitative estimate of drug-likeness (QED) is 0.161. The standard InChI is InChI=1S/C28H24FN5O.C22H25ClN4O3/c1-34-24-10-28(14-31-15-28)33-27(35)25(24)21-7-4-17-13-32-23(9-22(17)26(21)34)19-8-18(11-30-12-19)16-2-5-20(29)6-3-16;1-21(2,3)30-20(29)27-10-22(11-27)8-15-17(19(28)25-22)13-6-5-12-9-24-16(23)7-14(12)18(13)26(15)4/h2-3,5-6,8-9,11-13,31H,4,7,10,14-15H2,1H3,(H,33,35);7,9H,5-6,8,10-11H2,1-4H3,(H,25,28). The van der Waals surface area contributed by atoms with E-state index >= 15 is 0 Å². The molecule has 13 nitrogen and oxygen atoms in total. The molecule has 4 aliphatic heterocycles. The Labute approximate surface area is 380 Å². The summed E-state index contributed by atoms with van der Waals surface area (Å²) in [4.78, 5) is 53.8. The van der Waals surface area contributed by atoms with Gasteiger partial charge in [0.05, 0.1) is 39.3 Å². The summed E-state index contributed by atoms with van der Waals surface area (Å²) in [6, 6.07) is 12.5. The first kappa shape index (κ1) is 41.3. The van der Waals surface area contributed by atoms with Gasteiger partial charge in [-0.2, -0.15) is 0 Å². The molecular weight excluding hydrogens is 845 g/mol. The number of carbonyl (C=O) groups excluding carboxylic acids is 3. The third-order valence-corrected chi connectivity index (χ3v) is 14.2. The fourth-order valence-electron chi connectivity index (χ4n) is 10.9. The van der Waals surface area contributed by atoms with Gasteiger partial charge in [-0.1, -0.05) is 23.7 Å². The lowest BCUT2D eigenvalue weighted by molar-refractivity contribution is -0.0170. The molecular formula is C50H49ClFN9O4. The molecule has 3 N–H and O–H groups in total. The van der Waals surface area contributed by atoms with Crippen molar-refractivity contribution in [1.82, 2.24) is 44.9 Å². The summed E-state index contributed by atoms with van der Waals surface area (Å²) in [6.45, 7) is 8.09. The molecule has 3 amide bonds. The first-order chi connectivity index (χ1) is 31.1. The Balaban J connectivity index is 0.000000146. The van der Waals surface area contributed by atoms with Gasteiger partial charge in [-0.3, -0.25) is 19.6 Å². The first-order valence-electron chi connectivity index (χ1n) is 22.2. The average Bonchev–Trinajstić information content (AvgIpc) is 3.72. The van der Waals surface area contributed by atoms with Crippen LogP contribution in [0.25, 0.3) is 44.9 Å². The SMILES string of the molecule is Cn1c2c(c3c1-c1cc(-c4cncc(-c5ccc(F)cc5)c4)ncc1CC3)C(=O)NC1(CNC1)C2.Cn1c2c(c3c1-c1cc(Cl)ncc1CC3)C(=O)NC1(C2)CN(C(=O)OC(C)(C)C)C1. The van der Waals surface area contributed by atoms with Crippen molar-refractivity contribution in [3.05, 3.63) is 123 Å². The van der Waals surface area contributed by atoms with Gasteiger partial charge < -0.3 is 34.7 Å². The highest BCUT2D eigenvalue weighted by atomic mass is 35.5. The molecule has 9 heterocycles. The minimum Gasteiger partial charge on any atom is -0.444 e. The van der Waals surface area contributed by atoms with Crippen molar-refractivity contribution in [1.29, 1.82) is 0 Å². The lowest BCUT2D eigenvalue weighted by atomic mass is 9.80. The van der Waals surface area contributed by atoms with Crippen LogP contribution in [-0.2, 0) is 57.4 Å². The molecule has 0 bridgehead atoms. The molecule has 0 saturated carbocycles. The number of hydrogen-bond acceptors (Lipinski definition) is 8. The van der Waals surface area contributed by atoms with Gasteiger partial charge >= 0.3 is 6.09 Å². The molecule has 332 valence electrons. The Morgan fingerprint density at radius 1 is 0.738 bits per heavy atom. The van der Waals surface area contributed by atoms with Crippen LogP contribution in [-0.4, -0.2) is 89.8 Å². The summed E-state index contributed by atoms with van der Waals surface area (Å²) in [7, 11) is 4.10. The van der Waals surface area contributed by atoms with Gasteiger partial charge in [0.25, 0.3) is 11.8 Å². The van der Waals surface area contributed by atoms with Crippen LogP contribution in [0.4, 0.5) is 9.18 Å². The van der Waals surface area contributed by atoms with Gasteiger partial charge in [-0.25, -0.2) is 14.2 Å². The van der Waals surface area contributed by atoms with E-state index in [1.165, 1.54) is 17.7 Å². The summed E-state index contributed by atoms with van der Waals surface area (Å²) >= 11 is 6.17. The maximum absolute atomic E-state index is 13.4. The number of aryl methyl sites for hydroxylation is 2. The van der Waals surface area contributed by atoms with Crippen molar-refractivity contribution < 1.29 is 23.5 Å². The van der Waals surface area contributed by atoms with Crippen molar-refractivity contribution in [3.8, 4) is 44.9 Å². The molecule has 15 heteroatoms. The van der Waals surface area contributed by atoms with E-state index in [9.17, 15) is 18.8 Å². The van der Waals surface area contributed by atoms with Gasteiger partial charge in [-0.05, 0) is 105 Å². The summed E-state index contributed by atoms with van der Waals surface area (Å²) in [5, 5.41) is 10.2. The van der Waals surface area contributed by atoms with Gasteiger partial charge in [0, 0.05) is 112 Å². The van der Waals surface area contributed by atoms with Crippen LogP contribution >= 0.6 is 11.6 Å². The number of nitrogens with zero attached hydrogens (tertiary/aromatic N) is 6. The molecule has 5 aromatic heterocycles. The number of amides is 3. The molecule has 0 unspecified atom stereocenters. The zero-order valence-corrected chi connectivity index (χ0v) is 37.8. The van der Waals surface area contributed by atoms with Crippen LogP contribution in [0.5, 0.6) is 0 Å². The van der Waals surface area contributed by atoms with Crippen LogP contribution < -0.4 is 16.0 Å². The van der Waals surface area contributed by atoms with E-state index in [1.807, 2.05) is 58.5 Å². The minimum absolute atomic E-state index is 0.0542. The Morgan fingerprint density at radius 3 is 1.91 bits per heavy atom. The molecule has 2 spiro atoms. The van der Waals surface area contributed by atoms with E-state index in [0.29, 0.717) is 24.7 Å². The predicted molar refractivity (Wildman–Crippen MR) is 244 cm³/mol. The van der Waals surface area contributed by atoms with Crippen molar-refractivity contribution in [2.24, 2.45) is 14.1 Å². The van der Waals surface area contributed by atoms with Crippen LogP contribution in [0.2, 0.25) is 5.15 Å². The van der Waals surface area contributed by atoms with Crippen LogP contribution in [0.15, 0.2) is 67.3 Å². The molecule has 12 rings (SSSR count). The van der Waals surface area contributed by atoms with Crippen molar-refractivity contribution >= 4 is 29.5 Å². The number of ether oxygens (including phenoxy) is 1. The number of nitrogens with one attached hydrogen (secondary N) is 3. The zero-order valence-electron chi connectivity index (χ0n) is 37.0. The highest BCUT2D eigenvalue weighted by Crippen LogP contribution is 2.44. The van der Waals surface area contributed by atoms with E-state index < -0.39 is 11.1 Å². The van der Waals surface area contributed by atoms with Gasteiger partial charge in [0.15, 0.2) is 0 Å². The normalized spacial score (nSPS) is 18.0. The lowest BCUT2D eigenvalue weighted by Crippen LogP contribution is -2.74. The Morgan fingerprint density at radius 2 is 1.31 bits per heavy atom. The smallest absolute Gasteiger partial charge is 0.410 e. The van der Waals surface area contributed by atoms with Gasteiger partial charge in [0.1, 0.15) is 16.6 Å². The Bertz CT molecular complexity index is 3010. The van der Waals surface area contributed by atoms with Crippen molar-refractivity contribution in [2.75, 3.05) is 26.2 Å². The second kappa shape index (κ2) is 14.8. The average molecular weight is 894 g/mol. The number of rotatable bonds is 2. The number of halogens is 2. The van der Waals surface area contributed by atoms with E-state index in [0.717, 1.165) is 129 Å². The van der Waals surface area contributed by atoms with Crippen LogP contribution in [0.3, 0.4) is 0 Å². The Hall–Kier alpha value is -6.38. The highest BCUT2D eigenvalue weighted by Gasteiger charge is 2.52. The van der Waals surface area contributed by atoms with Crippen molar-refractivity contribution in [3.63, 3.8) is 0 Å². The molecule has 2 saturated heterocycles. The monoisotopic (exact) mass is 893 g/mol. The van der Waals surface area contributed by atoms with E-state index in [1.54, 1.807) is 23.2 Å². The highest BCUT2D eigenvalue weighted by molar-refractivity contribution is 6.29. The van der Waals surface area contributed by atoms with Gasteiger partial charge in [0.2, 0.25) is 0 Å². The molecule has 2 aliphatic carbocycles. The third kappa shape index (κ3) is 6.91. The number of hydrogen-bond donors (Lipinski definition) is 3. The van der Waals surface area contributed by atoms with E-state index in [2.05, 4.69) is 48.2 Å². The van der Waals surface area contributed by atoms with Crippen LogP contribution in [0, 0.1) is 5.82 Å². The lowest BCUT2D eigenvalue weighted by Gasteiger charge is -2.51. The van der Waals surface area contributed by atoms with Gasteiger partial charge in [-0.15, -0.1) is 0 Å². The predicted octanol–water partition coefficient (Wildman–Crippen LogP) is 6.80. The molecule has 65 heavy (non-hydrogen) atoms. The summed E-state index contributed by atoms with van der Waals surface area (Å²) in [6.07, 6.45) is 11.9. The number of benzene rings is 1. The molecule has 0 radical (unpaired) electrons. The van der Waals surface area contributed by atoms with Crippen molar-refractivity contribution in [2.45, 2.75) is 76.0 Å². The number of pyridine rings is 3. The van der Waals surface area contributed by atoms with E-state index in [-0.39, 0.29) is 29.3 Å². The largest absolute Gasteiger partial charge is 0.444 e. The Kier molecular flexibility index (Phi) is 9.43. The fraction of sp³-hybridized carbons (Fsp3) is 0.360. The number of aromatic nitrogens is 5. The zero-order chi connectivity index (χ0) is 45.2. The maximum Gasteiger partial charge on any atom is 0.410 e. The minimum atomic E-state index is -0.538. The maximum atomic E-state index is 13.4. The first-order valence-corrected chi connectivity index (χ1v) is 22.6. The summed E-state index contributed by atoms with van der Waals surface area (Å²) in [5.74, 6) is -0.262. The van der Waals surface area contributed by atoms with E-state index in [4.69, 9.17) is 21.3 Å². The fourth-order valence-corrected chi connectivity index (χ4v) is 11.0.